The molecule has 0 aliphatic heterocycles. The lowest BCUT2D eigenvalue weighted by Crippen LogP contribution is -2.20. The van der Waals surface area contributed by atoms with Crippen LogP contribution >= 0.6 is 23.2 Å². The first-order valence-electron chi connectivity index (χ1n) is 6.69. The van der Waals surface area contributed by atoms with E-state index in [2.05, 4.69) is 10.6 Å². The minimum atomic E-state index is -0.326. The highest BCUT2D eigenvalue weighted by atomic mass is 35.5. The van der Waals surface area contributed by atoms with E-state index >= 15 is 0 Å². The highest BCUT2D eigenvalue weighted by Gasteiger charge is 2.06. The van der Waals surface area contributed by atoms with Crippen molar-refractivity contribution in [1.29, 1.82) is 0 Å². The molecule has 2 amide bonds. The summed E-state index contributed by atoms with van der Waals surface area (Å²) in [5, 5.41) is 6.18. The summed E-state index contributed by atoms with van der Waals surface area (Å²) in [7, 11) is 0. The number of benzene rings is 2. The number of nitrogens with one attached hydrogen (secondary N) is 2. The quantitative estimate of drug-likeness (QED) is 0.855. The molecule has 2 aromatic carbocycles. The molecule has 0 saturated carbocycles. The first-order chi connectivity index (χ1) is 10.9. The molecular weight excluding hydrogens is 339 g/mol. The molecule has 0 heterocycles. The summed E-state index contributed by atoms with van der Waals surface area (Å²) in [4.78, 5) is 22.8. The van der Waals surface area contributed by atoms with Crippen molar-refractivity contribution in [3.05, 3.63) is 52.5 Å². The van der Waals surface area contributed by atoms with Crippen LogP contribution in [0.2, 0.25) is 10.0 Å². The van der Waals surface area contributed by atoms with Gasteiger partial charge in [0, 0.05) is 28.3 Å². The molecule has 0 unspecified atom stereocenters. The van der Waals surface area contributed by atoms with E-state index in [1.165, 1.54) is 6.92 Å². The SMILES string of the molecule is CC(=O)Nc1ccc(NC(=O)COc2cc(Cl)cc(Cl)c2)cc1. The molecule has 0 atom stereocenters. The molecule has 23 heavy (non-hydrogen) atoms. The zero-order chi connectivity index (χ0) is 16.8. The maximum absolute atomic E-state index is 11.8. The molecule has 0 aliphatic carbocycles. The van der Waals surface area contributed by atoms with Gasteiger partial charge in [-0.05, 0) is 42.5 Å². The number of amides is 2. The van der Waals surface area contributed by atoms with E-state index in [0.29, 0.717) is 27.2 Å². The maximum Gasteiger partial charge on any atom is 0.262 e. The van der Waals surface area contributed by atoms with Crippen LogP contribution in [-0.4, -0.2) is 18.4 Å². The first-order valence-corrected chi connectivity index (χ1v) is 7.44. The van der Waals surface area contributed by atoms with Crippen LogP contribution in [0.25, 0.3) is 0 Å². The standard InChI is InChI=1S/C16H14Cl2N2O3/c1-10(21)19-13-2-4-14(5-3-13)20-16(22)9-23-15-7-11(17)6-12(18)8-15/h2-8H,9H2,1H3,(H,19,21)(H,20,22). The van der Waals surface area contributed by atoms with Gasteiger partial charge in [0.1, 0.15) is 5.75 Å². The Bertz CT molecular complexity index is 698. The Kier molecular flexibility index (Phi) is 5.84. The largest absolute Gasteiger partial charge is 0.484 e. The molecule has 2 N–H and O–H groups in total. The second-order valence-electron chi connectivity index (χ2n) is 4.70. The fourth-order valence-corrected chi connectivity index (χ4v) is 2.30. The number of hydrogen-bond acceptors (Lipinski definition) is 3. The molecular formula is C16H14Cl2N2O3. The number of ether oxygens (including phenoxy) is 1. The topological polar surface area (TPSA) is 67.4 Å². The van der Waals surface area contributed by atoms with E-state index in [0.717, 1.165) is 0 Å². The monoisotopic (exact) mass is 352 g/mol. The van der Waals surface area contributed by atoms with Crippen molar-refractivity contribution in [3.63, 3.8) is 0 Å². The van der Waals surface area contributed by atoms with Crippen LogP contribution in [0.5, 0.6) is 5.75 Å². The van der Waals surface area contributed by atoms with Gasteiger partial charge in [-0.25, -0.2) is 0 Å². The van der Waals surface area contributed by atoms with E-state index in [1.54, 1.807) is 42.5 Å². The molecule has 5 nitrogen and oxygen atoms in total. The van der Waals surface area contributed by atoms with Crippen LogP contribution in [0.15, 0.2) is 42.5 Å². The van der Waals surface area contributed by atoms with Crippen LogP contribution in [-0.2, 0) is 9.59 Å². The third-order valence-corrected chi connectivity index (χ3v) is 3.13. The van der Waals surface area contributed by atoms with Gasteiger partial charge in [-0.3, -0.25) is 9.59 Å². The first kappa shape index (κ1) is 17.1. The number of hydrogen-bond donors (Lipinski definition) is 2. The summed E-state index contributed by atoms with van der Waals surface area (Å²) in [6.07, 6.45) is 0. The van der Waals surface area contributed by atoms with E-state index in [1.807, 2.05) is 0 Å². The second kappa shape index (κ2) is 7.85. The van der Waals surface area contributed by atoms with Gasteiger partial charge >= 0.3 is 0 Å². The van der Waals surface area contributed by atoms with Crippen molar-refractivity contribution < 1.29 is 14.3 Å². The molecule has 0 saturated heterocycles. The third kappa shape index (κ3) is 5.81. The Morgan fingerprint density at radius 1 is 0.957 bits per heavy atom. The van der Waals surface area contributed by atoms with Gasteiger partial charge in [-0.1, -0.05) is 23.2 Å². The molecule has 2 aromatic rings. The fourth-order valence-electron chi connectivity index (χ4n) is 1.80. The number of carbonyl (C=O) groups is 2. The predicted molar refractivity (Wildman–Crippen MR) is 91.3 cm³/mol. The Morgan fingerprint density at radius 3 is 2.00 bits per heavy atom. The van der Waals surface area contributed by atoms with Crippen molar-refractivity contribution in [3.8, 4) is 5.75 Å². The smallest absolute Gasteiger partial charge is 0.262 e. The summed E-state index contributed by atoms with van der Waals surface area (Å²) < 4.78 is 5.34. The van der Waals surface area contributed by atoms with Crippen molar-refractivity contribution in [2.24, 2.45) is 0 Å². The van der Waals surface area contributed by atoms with Crippen molar-refractivity contribution in [2.75, 3.05) is 17.2 Å². The number of carbonyl (C=O) groups excluding carboxylic acids is 2. The molecule has 0 aliphatic rings. The van der Waals surface area contributed by atoms with Gasteiger partial charge in [0.25, 0.3) is 5.91 Å². The molecule has 120 valence electrons. The number of rotatable bonds is 5. The van der Waals surface area contributed by atoms with E-state index in [4.69, 9.17) is 27.9 Å². The Labute approximate surface area is 143 Å². The van der Waals surface area contributed by atoms with Gasteiger partial charge in [0.15, 0.2) is 6.61 Å². The maximum atomic E-state index is 11.8. The number of anilines is 2. The summed E-state index contributed by atoms with van der Waals surface area (Å²) in [6, 6.07) is 11.5. The zero-order valence-electron chi connectivity index (χ0n) is 12.2. The minimum absolute atomic E-state index is 0.157. The number of halogens is 2. The Balaban J connectivity index is 1.88. The predicted octanol–water partition coefficient (Wildman–Crippen LogP) is 3.97. The van der Waals surface area contributed by atoms with Crippen LogP contribution in [0.3, 0.4) is 0 Å². The Hall–Kier alpha value is -2.24. The lowest BCUT2D eigenvalue weighted by Gasteiger charge is -2.09. The molecule has 0 fully saturated rings. The third-order valence-electron chi connectivity index (χ3n) is 2.70. The molecule has 7 heteroatoms. The van der Waals surface area contributed by atoms with Gasteiger partial charge in [0.05, 0.1) is 0 Å². The molecule has 2 rings (SSSR count). The highest BCUT2D eigenvalue weighted by Crippen LogP contribution is 2.24. The Morgan fingerprint density at radius 2 is 1.48 bits per heavy atom. The molecule has 0 bridgehead atoms. The lowest BCUT2D eigenvalue weighted by atomic mass is 10.2. The normalized spacial score (nSPS) is 10.0. The van der Waals surface area contributed by atoms with Gasteiger partial charge in [0.2, 0.25) is 5.91 Å². The summed E-state index contributed by atoms with van der Waals surface area (Å²) in [5.74, 6) is -0.0672. The van der Waals surface area contributed by atoms with Gasteiger partial charge < -0.3 is 15.4 Å². The van der Waals surface area contributed by atoms with Crippen LogP contribution in [0.1, 0.15) is 6.92 Å². The van der Waals surface area contributed by atoms with Crippen molar-refractivity contribution in [2.45, 2.75) is 6.92 Å². The van der Waals surface area contributed by atoms with Crippen LogP contribution in [0.4, 0.5) is 11.4 Å². The fraction of sp³-hybridized carbons (Fsp3) is 0.125. The molecule has 0 aromatic heterocycles. The minimum Gasteiger partial charge on any atom is -0.484 e. The summed E-state index contributed by atoms with van der Waals surface area (Å²) in [6.45, 7) is 1.25. The molecule has 0 spiro atoms. The zero-order valence-corrected chi connectivity index (χ0v) is 13.7. The van der Waals surface area contributed by atoms with E-state index in [9.17, 15) is 9.59 Å². The lowest BCUT2D eigenvalue weighted by molar-refractivity contribution is -0.118. The average molecular weight is 353 g/mol. The van der Waals surface area contributed by atoms with Crippen molar-refractivity contribution in [1.82, 2.24) is 0 Å². The van der Waals surface area contributed by atoms with Crippen LogP contribution < -0.4 is 15.4 Å². The van der Waals surface area contributed by atoms with Crippen LogP contribution in [0, 0.1) is 0 Å². The average Bonchev–Trinajstić information content (AvgIpc) is 2.46. The van der Waals surface area contributed by atoms with Gasteiger partial charge in [-0.2, -0.15) is 0 Å². The van der Waals surface area contributed by atoms with E-state index in [-0.39, 0.29) is 18.4 Å². The summed E-state index contributed by atoms with van der Waals surface area (Å²) >= 11 is 11.7. The van der Waals surface area contributed by atoms with Gasteiger partial charge in [-0.15, -0.1) is 0 Å². The highest BCUT2D eigenvalue weighted by molar-refractivity contribution is 6.34. The molecule has 0 radical (unpaired) electrons. The summed E-state index contributed by atoms with van der Waals surface area (Å²) in [5.41, 5.74) is 1.25. The van der Waals surface area contributed by atoms with Crippen molar-refractivity contribution >= 4 is 46.4 Å². The second-order valence-corrected chi connectivity index (χ2v) is 5.57. The van der Waals surface area contributed by atoms with E-state index < -0.39 is 0 Å².